The third kappa shape index (κ3) is 8.99. The van der Waals surface area contributed by atoms with Gasteiger partial charge in [0.05, 0.1) is 18.8 Å². The van der Waals surface area contributed by atoms with Crippen molar-refractivity contribution >= 4 is 17.1 Å². The van der Waals surface area contributed by atoms with E-state index in [0.29, 0.717) is 30.1 Å². The van der Waals surface area contributed by atoms with Crippen LogP contribution in [0.2, 0.25) is 0 Å². The van der Waals surface area contributed by atoms with Gasteiger partial charge in [-0.15, -0.1) is 0 Å². The summed E-state index contributed by atoms with van der Waals surface area (Å²) in [6.45, 7) is 6.44. The van der Waals surface area contributed by atoms with Crippen molar-refractivity contribution in [1.29, 1.82) is 0 Å². The number of carbonyl (C=O) groups excluding carboxylic acids is 1. The Balaban J connectivity index is 1.22. The number of pyridine rings is 1. The van der Waals surface area contributed by atoms with Crippen LogP contribution >= 0.6 is 0 Å². The lowest BCUT2D eigenvalue weighted by atomic mass is 10.1. The molecule has 2 aromatic heterocycles. The van der Waals surface area contributed by atoms with Gasteiger partial charge in [0.2, 0.25) is 5.71 Å². The van der Waals surface area contributed by atoms with Crippen LogP contribution in [0.4, 0.5) is 0 Å². The molecule has 0 N–H and O–H groups in total. The summed E-state index contributed by atoms with van der Waals surface area (Å²) in [7, 11) is 0. The van der Waals surface area contributed by atoms with Gasteiger partial charge in [-0.1, -0.05) is 70.1 Å². The minimum absolute atomic E-state index is 0.288. The van der Waals surface area contributed by atoms with E-state index in [9.17, 15) is 9.59 Å². The number of nitrogens with zero attached hydrogens (tertiary/aromatic N) is 1. The number of unbranched alkanes of at least 4 members (excludes halogenated alkanes) is 9. The van der Waals surface area contributed by atoms with Gasteiger partial charge in [-0.25, -0.2) is 14.6 Å². The number of ether oxygens (including phenoxy) is 2. The summed E-state index contributed by atoms with van der Waals surface area (Å²) in [6.07, 6.45) is 13.3. The average Bonchev–Trinajstić information content (AvgIpc) is 2.88. The first kappa shape index (κ1) is 27.2. The van der Waals surface area contributed by atoms with Crippen LogP contribution in [0.3, 0.4) is 0 Å². The van der Waals surface area contributed by atoms with Gasteiger partial charge < -0.3 is 13.9 Å². The molecule has 1 aromatic carbocycles. The standard InChI is InChI=1S/C30H37NO5/c1-23(2)29(32)35-21-12-10-8-6-4-3-5-7-9-11-20-34-26-17-15-24(16-18-26)27-22-25-14-13-19-31-28(25)36-30(27)33/h13-19,22H,1,3-12,20-21H2,2H3. The van der Waals surface area contributed by atoms with Crippen LogP contribution in [0.25, 0.3) is 22.2 Å². The van der Waals surface area contributed by atoms with Crippen LogP contribution in [0.5, 0.6) is 5.75 Å². The Hall–Kier alpha value is -3.41. The van der Waals surface area contributed by atoms with Crippen LogP contribution in [-0.4, -0.2) is 24.2 Å². The van der Waals surface area contributed by atoms with Crippen molar-refractivity contribution in [3.8, 4) is 16.9 Å². The fourth-order valence-corrected chi connectivity index (χ4v) is 3.98. The molecule has 0 radical (unpaired) electrons. The summed E-state index contributed by atoms with van der Waals surface area (Å²) in [5.41, 5.74) is 1.74. The zero-order valence-electron chi connectivity index (χ0n) is 21.3. The second-order valence-electron chi connectivity index (χ2n) is 9.17. The average molecular weight is 492 g/mol. The normalized spacial score (nSPS) is 10.9. The fourth-order valence-electron chi connectivity index (χ4n) is 3.98. The van der Waals surface area contributed by atoms with E-state index in [-0.39, 0.29) is 5.97 Å². The maximum atomic E-state index is 12.3. The number of benzene rings is 1. The van der Waals surface area contributed by atoms with Crippen LogP contribution in [-0.2, 0) is 9.53 Å². The number of hydrogen-bond donors (Lipinski definition) is 0. The maximum absolute atomic E-state index is 12.3. The number of fused-ring (bicyclic) bond motifs is 1. The van der Waals surface area contributed by atoms with E-state index in [0.717, 1.165) is 36.0 Å². The van der Waals surface area contributed by atoms with Crippen LogP contribution in [0.1, 0.15) is 71.1 Å². The molecule has 3 aromatic rings. The quantitative estimate of drug-likeness (QED) is 0.119. The Morgan fingerprint density at radius 2 is 1.50 bits per heavy atom. The molecule has 36 heavy (non-hydrogen) atoms. The van der Waals surface area contributed by atoms with Gasteiger partial charge in [0.1, 0.15) is 5.75 Å². The van der Waals surface area contributed by atoms with Gasteiger partial charge in [0.15, 0.2) is 0 Å². The van der Waals surface area contributed by atoms with Crippen molar-refractivity contribution in [1.82, 2.24) is 4.98 Å². The summed E-state index contributed by atoms with van der Waals surface area (Å²) < 4.78 is 16.3. The summed E-state index contributed by atoms with van der Waals surface area (Å²) in [4.78, 5) is 27.7. The van der Waals surface area contributed by atoms with Crippen molar-refractivity contribution < 1.29 is 18.7 Å². The highest BCUT2D eigenvalue weighted by Crippen LogP contribution is 2.23. The molecule has 2 heterocycles. The molecular formula is C30H37NO5. The van der Waals surface area contributed by atoms with E-state index in [1.165, 1.54) is 44.9 Å². The molecule has 192 valence electrons. The van der Waals surface area contributed by atoms with Crippen LogP contribution < -0.4 is 10.4 Å². The lowest BCUT2D eigenvalue weighted by molar-refractivity contribution is -0.139. The van der Waals surface area contributed by atoms with E-state index in [4.69, 9.17) is 13.9 Å². The molecule has 0 saturated carbocycles. The molecular weight excluding hydrogens is 454 g/mol. The van der Waals surface area contributed by atoms with Crippen molar-refractivity contribution in [2.24, 2.45) is 0 Å². The maximum Gasteiger partial charge on any atom is 0.345 e. The number of carbonyl (C=O) groups is 1. The van der Waals surface area contributed by atoms with Crippen LogP contribution in [0, 0.1) is 0 Å². The Morgan fingerprint density at radius 3 is 2.14 bits per heavy atom. The molecule has 0 atom stereocenters. The predicted molar refractivity (Wildman–Crippen MR) is 143 cm³/mol. The topological polar surface area (TPSA) is 78.6 Å². The summed E-state index contributed by atoms with van der Waals surface area (Å²) in [5.74, 6) is 0.518. The molecule has 0 bridgehead atoms. The largest absolute Gasteiger partial charge is 0.494 e. The molecule has 0 aliphatic heterocycles. The van der Waals surface area contributed by atoms with E-state index in [1.54, 1.807) is 13.1 Å². The first-order valence-corrected chi connectivity index (χ1v) is 13.0. The van der Waals surface area contributed by atoms with Gasteiger partial charge in [-0.2, -0.15) is 0 Å². The minimum Gasteiger partial charge on any atom is -0.494 e. The lowest BCUT2D eigenvalue weighted by Crippen LogP contribution is -2.05. The molecule has 6 nitrogen and oxygen atoms in total. The Morgan fingerprint density at radius 1 is 0.889 bits per heavy atom. The lowest BCUT2D eigenvalue weighted by Gasteiger charge is -2.08. The second kappa shape index (κ2) is 14.9. The Kier molecular flexibility index (Phi) is 11.2. The van der Waals surface area contributed by atoms with Crippen molar-refractivity contribution in [2.45, 2.75) is 71.1 Å². The number of esters is 1. The predicted octanol–water partition coefficient (Wildman–Crippen LogP) is 7.25. The minimum atomic E-state index is -0.392. The molecule has 0 spiro atoms. The van der Waals surface area contributed by atoms with Gasteiger partial charge in [0, 0.05) is 17.2 Å². The molecule has 6 heteroatoms. The van der Waals surface area contributed by atoms with E-state index in [2.05, 4.69) is 11.6 Å². The zero-order valence-corrected chi connectivity index (χ0v) is 21.3. The smallest absolute Gasteiger partial charge is 0.345 e. The van der Waals surface area contributed by atoms with Gasteiger partial charge in [-0.05, 0) is 55.7 Å². The van der Waals surface area contributed by atoms with Crippen LogP contribution in [0.15, 0.2) is 70.0 Å². The molecule has 3 rings (SSSR count). The first-order valence-electron chi connectivity index (χ1n) is 13.0. The Labute approximate surface area is 213 Å². The third-order valence-electron chi connectivity index (χ3n) is 6.06. The highest BCUT2D eigenvalue weighted by molar-refractivity contribution is 5.86. The Bertz CT molecular complexity index is 1170. The summed E-state index contributed by atoms with van der Waals surface area (Å²) in [6, 6.07) is 13.1. The van der Waals surface area contributed by atoms with E-state index in [1.807, 2.05) is 42.5 Å². The highest BCUT2D eigenvalue weighted by atomic mass is 16.5. The zero-order chi connectivity index (χ0) is 25.6. The molecule has 0 aliphatic rings. The number of rotatable bonds is 16. The summed E-state index contributed by atoms with van der Waals surface area (Å²) in [5, 5.41) is 0.797. The van der Waals surface area contributed by atoms with Crippen molar-refractivity contribution in [3.05, 3.63) is 71.2 Å². The van der Waals surface area contributed by atoms with E-state index >= 15 is 0 Å². The number of aromatic nitrogens is 1. The van der Waals surface area contributed by atoms with Gasteiger partial charge in [-0.3, -0.25) is 0 Å². The molecule has 0 amide bonds. The first-order chi connectivity index (χ1) is 17.5. The monoisotopic (exact) mass is 491 g/mol. The van der Waals surface area contributed by atoms with Gasteiger partial charge >= 0.3 is 11.6 Å². The molecule has 0 aliphatic carbocycles. The molecule has 0 saturated heterocycles. The van der Waals surface area contributed by atoms with Gasteiger partial charge in [0.25, 0.3) is 0 Å². The SMILES string of the molecule is C=C(C)C(=O)OCCCCCCCCCCCCOc1ccc(-c2cc3cccnc3oc2=O)cc1. The van der Waals surface area contributed by atoms with E-state index < -0.39 is 5.63 Å². The number of hydrogen-bond acceptors (Lipinski definition) is 6. The fraction of sp³-hybridized carbons (Fsp3) is 0.433. The molecule has 0 unspecified atom stereocenters. The van der Waals surface area contributed by atoms with Crippen molar-refractivity contribution in [2.75, 3.05) is 13.2 Å². The second-order valence-corrected chi connectivity index (χ2v) is 9.17. The molecule has 0 fully saturated rings. The van der Waals surface area contributed by atoms with Crippen molar-refractivity contribution in [3.63, 3.8) is 0 Å². The third-order valence-corrected chi connectivity index (χ3v) is 6.06. The summed E-state index contributed by atoms with van der Waals surface area (Å²) >= 11 is 0. The highest BCUT2D eigenvalue weighted by Gasteiger charge is 2.08.